The fraction of sp³-hybridized carbons (Fsp3) is 0.909. The van der Waals surface area contributed by atoms with Gasteiger partial charge >= 0.3 is 5.97 Å². The van der Waals surface area contributed by atoms with Crippen LogP contribution in [-0.4, -0.2) is 34.0 Å². The van der Waals surface area contributed by atoms with E-state index < -0.39 is 17.5 Å². The Morgan fingerprint density at radius 2 is 1.93 bits per heavy atom. The normalized spacial score (nSPS) is 38.7. The Balaban J connectivity index is 2.83. The predicted molar refractivity (Wildman–Crippen MR) is 55.6 cm³/mol. The van der Waals surface area contributed by atoms with E-state index in [1.807, 2.05) is 13.8 Å². The van der Waals surface area contributed by atoms with Gasteiger partial charge in [0.15, 0.2) is 0 Å². The van der Waals surface area contributed by atoms with Crippen molar-refractivity contribution < 1.29 is 19.7 Å². The number of hydrogen-bond acceptors (Lipinski definition) is 3. The summed E-state index contributed by atoms with van der Waals surface area (Å²) in [6, 6.07) is 0. The monoisotopic (exact) mass is 216 g/mol. The van der Waals surface area contributed by atoms with Crippen LogP contribution in [0.1, 0.15) is 40.0 Å². The minimum Gasteiger partial charge on any atom is -0.481 e. The fourth-order valence-electron chi connectivity index (χ4n) is 2.64. The Morgan fingerprint density at radius 3 is 2.27 bits per heavy atom. The highest BCUT2D eigenvalue weighted by molar-refractivity contribution is 5.71. The van der Waals surface area contributed by atoms with E-state index in [4.69, 9.17) is 9.84 Å². The second-order valence-electron chi connectivity index (χ2n) is 4.57. The highest BCUT2D eigenvalue weighted by Crippen LogP contribution is 2.36. The molecule has 0 aromatic heterocycles. The molecule has 0 aliphatic carbocycles. The SMILES string of the molecule is CCC(C(=O)O)C1(O)CC(C)OC(C)C1. The number of carboxylic acid groups (broad SMARTS) is 1. The van der Waals surface area contributed by atoms with E-state index in [2.05, 4.69) is 0 Å². The minimum absolute atomic E-state index is 0.0767. The summed E-state index contributed by atoms with van der Waals surface area (Å²) in [5.41, 5.74) is -1.11. The first kappa shape index (κ1) is 12.5. The fourth-order valence-corrected chi connectivity index (χ4v) is 2.64. The summed E-state index contributed by atoms with van der Waals surface area (Å²) in [6.07, 6.45) is 1.11. The van der Waals surface area contributed by atoms with Gasteiger partial charge in [-0.3, -0.25) is 4.79 Å². The van der Waals surface area contributed by atoms with Gasteiger partial charge in [0.1, 0.15) is 0 Å². The van der Waals surface area contributed by atoms with E-state index in [0.717, 1.165) is 0 Å². The van der Waals surface area contributed by atoms with Gasteiger partial charge in [-0.2, -0.15) is 0 Å². The Labute approximate surface area is 90.2 Å². The van der Waals surface area contributed by atoms with Gasteiger partial charge in [0.05, 0.1) is 23.7 Å². The van der Waals surface area contributed by atoms with Crippen molar-refractivity contribution in [2.45, 2.75) is 57.8 Å². The van der Waals surface area contributed by atoms with E-state index in [-0.39, 0.29) is 12.2 Å². The van der Waals surface area contributed by atoms with Crippen LogP contribution < -0.4 is 0 Å². The molecular weight excluding hydrogens is 196 g/mol. The van der Waals surface area contributed by atoms with Gasteiger partial charge in [-0.25, -0.2) is 0 Å². The lowest BCUT2D eigenvalue weighted by Gasteiger charge is -2.42. The molecule has 15 heavy (non-hydrogen) atoms. The standard InChI is InChI=1S/C11H20O4/c1-4-9(10(12)13)11(14)5-7(2)15-8(3)6-11/h7-9,14H,4-6H2,1-3H3,(H,12,13). The second-order valence-corrected chi connectivity index (χ2v) is 4.57. The molecule has 0 spiro atoms. The van der Waals surface area contributed by atoms with E-state index >= 15 is 0 Å². The number of carboxylic acids is 1. The van der Waals surface area contributed by atoms with Crippen LogP contribution in [0.25, 0.3) is 0 Å². The highest BCUT2D eigenvalue weighted by atomic mass is 16.5. The Hall–Kier alpha value is -0.610. The molecule has 3 atom stereocenters. The second kappa shape index (κ2) is 4.49. The summed E-state index contributed by atoms with van der Waals surface area (Å²) in [5.74, 6) is -1.60. The maximum atomic E-state index is 11.0. The van der Waals surface area contributed by atoms with E-state index in [0.29, 0.717) is 19.3 Å². The van der Waals surface area contributed by atoms with Crippen LogP contribution in [0.15, 0.2) is 0 Å². The summed E-state index contributed by atoms with van der Waals surface area (Å²) >= 11 is 0. The molecule has 0 bridgehead atoms. The van der Waals surface area contributed by atoms with Gasteiger partial charge < -0.3 is 14.9 Å². The van der Waals surface area contributed by atoms with E-state index in [9.17, 15) is 9.90 Å². The van der Waals surface area contributed by atoms with Gasteiger partial charge in [0.2, 0.25) is 0 Å². The van der Waals surface area contributed by atoms with Crippen LogP contribution >= 0.6 is 0 Å². The summed E-state index contributed by atoms with van der Waals surface area (Å²) in [5, 5.41) is 19.4. The first-order chi connectivity index (χ1) is 6.89. The van der Waals surface area contributed by atoms with Crippen molar-refractivity contribution in [3.63, 3.8) is 0 Å². The largest absolute Gasteiger partial charge is 0.481 e. The van der Waals surface area contributed by atoms with Crippen molar-refractivity contribution in [1.82, 2.24) is 0 Å². The van der Waals surface area contributed by atoms with Gasteiger partial charge in [-0.05, 0) is 20.3 Å². The maximum absolute atomic E-state index is 11.0. The first-order valence-corrected chi connectivity index (χ1v) is 5.49. The lowest BCUT2D eigenvalue weighted by Crippen LogP contribution is -2.50. The third-order valence-electron chi connectivity index (χ3n) is 3.10. The van der Waals surface area contributed by atoms with Crippen molar-refractivity contribution in [2.75, 3.05) is 0 Å². The van der Waals surface area contributed by atoms with Crippen LogP contribution in [0, 0.1) is 5.92 Å². The van der Waals surface area contributed by atoms with Crippen LogP contribution in [0.3, 0.4) is 0 Å². The summed E-state index contributed by atoms with van der Waals surface area (Å²) in [4.78, 5) is 11.0. The van der Waals surface area contributed by atoms with E-state index in [1.165, 1.54) is 0 Å². The van der Waals surface area contributed by atoms with Crippen LogP contribution in [-0.2, 0) is 9.53 Å². The smallest absolute Gasteiger partial charge is 0.309 e. The Bertz CT molecular complexity index is 229. The zero-order chi connectivity index (χ0) is 11.6. The summed E-state index contributed by atoms with van der Waals surface area (Å²) in [6.45, 7) is 5.53. The molecule has 1 heterocycles. The molecule has 0 saturated carbocycles. The van der Waals surface area contributed by atoms with Crippen LogP contribution in [0.5, 0.6) is 0 Å². The number of aliphatic carboxylic acids is 1. The van der Waals surface area contributed by atoms with Crippen molar-refractivity contribution in [2.24, 2.45) is 5.92 Å². The topological polar surface area (TPSA) is 66.8 Å². The average Bonchev–Trinajstić information content (AvgIpc) is 1.99. The van der Waals surface area contributed by atoms with Crippen LogP contribution in [0.2, 0.25) is 0 Å². The Kier molecular flexibility index (Phi) is 3.73. The number of rotatable bonds is 3. The molecule has 1 aliphatic heterocycles. The van der Waals surface area contributed by atoms with Crippen LogP contribution in [0.4, 0.5) is 0 Å². The third kappa shape index (κ3) is 2.69. The maximum Gasteiger partial charge on any atom is 0.309 e. The van der Waals surface area contributed by atoms with Gasteiger partial charge in [0.25, 0.3) is 0 Å². The molecule has 4 heteroatoms. The average molecular weight is 216 g/mol. The van der Waals surface area contributed by atoms with Crippen molar-refractivity contribution in [3.05, 3.63) is 0 Å². The molecule has 1 aliphatic rings. The Morgan fingerprint density at radius 1 is 1.47 bits per heavy atom. The number of hydrogen-bond donors (Lipinski definition) is 2. The number of aliphatic hydroxyl groups is 1. The zero-order valence-corrected chi connectivity index (χ0v) is 9.56. The molecule has 0 amide bonds. The molecule has 1 rings (SSSR count). The van der Waals surface area contributed by atoms with Gasteiger partial charge in [-0.15, -0.1) is 0 Å². The molecule has 88 valence electrons. The lowest BCUT2D eigenvalue weighted by molar-refractivity contribution is -0.176. The molecule has 3 unspecified atom stereocenters. The lowest BCUT2D eigenvalue weighted by atomic mass is 9.76. The molecule has 1 fully saturated rings. The molecule has 2 N–H and O–H groups in total. The zero-order valence-electron chi connectivity index (χ0n) is 9.56. The summed E-state index contributed by atoms with van der Waals surface area (Å²) in [7, 11) is 0. The predicted octanol–water partition coefficient (Wildman–Crippen LogP) is 1.42. The molecule has 0 aromatic carbocycles. The first-order valence-electron chi connectivity index (χ1n) is 5.49. The molecule has 1 saturated heterocycles. The van der Waals surface area contributed by atoms with Crippen molar-refractivity contribution in [3.8, 4) is 0 Å². The summed E-state index contributed by atoms with van der Waals surface area (Å²) < 4.78 is 5.50. The molecule has 0 aromatic rings. The van der Waals surface area contributed by atoms with Crippen molar-refractivity contribution >= 4 is 5.97 Å². The van der Waals surface area contributed by atoms with Crippen molar-refractivity contribution in [1.29, 1.82) is 0 Å². The van der Waals surface area contributed by atoms with Gasteiger partial charge in [-0.1, -0.05) is 6.92 Å². The minimum atomic E-state index is -1.11. The number of carbonyl (C=O) groups is 1. The third-order valence-corrected chi connectivity index (χ3v) is 3.10. The highest BCUT2D eigenvalue weighted by Gasteiger charge is 2.45. The number of ether oxygens (including phenoxy) is 1. The quantitative estimate of drug-likeness (QED) is 0.748. The van der Waals surface area contributed by atoms with E-state index in [1.54, 1.807) is 6.92 Å². The molecule has 0 radical (unpaired) electrons. The molecular formula is C11H20O4. The van der Waals surface area contributed by atoms with Gasteiger partial charge in [0, 0.05) is 12.8 Å². The molecule has 4 nitrogen and oxygen atoms in total.